The molecule has 0 bridgehead atoms. The van der Waals surface area contributed by atoms with E-state index in [4.69, 9.17) is 10.5 Å². The maximum absolute atomic E-state index is 9.16. The van der Waals surface area contributed by atoms with Crippen molar-refractivity contribution in [2.24, 2.45) is 0 Å². The molecule has 0 atom stereocenters. The van der Waals surface area contributed by atoms with Crippen LogP contribution in [0.3, 0.4) is 0 Å². The summed E-state index contributed by atoms with van der Waals surface area (Å²) in [5, 5.41) is 34.9. The Morgan fingerprint density at radius 3 is 2.30 bits per heavy atom. The molecule has 8 heteroatoms. The third-order valence-electron chi connectivity index (χ3n) is 5.03. The number of alkyl halides is 1. The van der Waals surface area contributed by atoms with Crippen LogP contribution in [0.4, 0.5) is 0 Å². The lowest BCUT2D eigenvalue weighted by Gasteiger charge is -2.02. The SMILES string of the molecule is N#Cc1ccccc1CBr.N#Cc1ccccc1Cn1cc(-c2ccc3[nH]ncc3c2)nn1. The zero-order valence-corrected chi connectivity index (χ0v) is 19.1. The van der Waals surface area contributed by atoms with Crippen molar-refractivity contribution in [2.75, 3.05) is 0 Å². The fourth-order valence-corrected chi connectivity index (χ4v) is 3.79. The van der Waals surface area contributed by atoms with Gasteiger partial charge < -0.3 is 0 Å². The first-order valence-corrected chi connectivity index (χ1v) is 11.2. The second kappa shape index (κ2) is 10.4. The first-order valence-electron chi connectivity index (χ1n) is 10.1. The molecule has 7 nitrogen and oxygen atoms in total. The minimum absolute atomic E-state index is 0.519. The lowest BCUT2D eigenvalue weighted by molar-refractivity contribution is 0.649. The Bertz CT molecular complexity index is 1470. The monoisotopic (exact) mass is 495 g/mol. The number of fused-ring (bicyclic) bond motifs is 1. The molecule has 0 amide bonds. The molecule has 160 valence electrons. The maximum Gasteiger partial charge on any atom is 0.113 e. The predicted molar refractivity (Wildman–Crippen MR) is 129 cm³/mol. The topological polar surface area (TPSA) is 107 Å². The highest BCUT2D eigenvalue weighted by molar-refractivity contribution is 9.08. The molecule has 0 fully saturated rings. The predicted octanol–water partition coefficient (Wildman–Crippen LogP) is 5.19. The van der Waals surface area contributed by atoms with Gasteiger partial charge in [0.15, 0.2) is 0 Å². The number of H-pyrrole nitrogens is 1. The van der Waals surface area contributed by atoms with Gasteiger partial charge in [-0.05, 0) is 35.4 Å². The zero-order valence-electron chi connectivity index (χ0n) is 17.5. The Hall–Kier alpha value is -4.27. The van der Waals surface area contributed by atoms with Crippen LogP contribution in [-0.4, -0.2) is 25.2 Å². The summed E-state index contributed by atoms with van der Waals surface area (Å²) in [4.78, 5) is 0. The largest absolute Gasteiger partial charge is 0.278 e. The van der Waals surface area contributed by atoms with Crippen molar-refractivity contribution in [3.63, 3.8) is 0 Å². The van der Waals surface area contributed by atoms with Crippen LogP contribution in [0.25, 0.3) is 22.2 Å². The van der Waals surface area contributed by atoms with Crippen molar-refractivity contribution in [2.45, 2.75) is 11.9 Å². The highest BCUT2D eigenvalue weighted by atomic mass is 79.9. The number of benzene rings is 3. The van der Waals surface area contributed by atoms with E-state index in [0.29, 0.717) is 12.1 Å². The fourth-order valence-electron chi connectivity index (χ4n) is 3.30. The number of nitriles is 2. The molecule has 1 N–H and O–H groups in total. The molecule has 0 saturated heterocycles. The minimum Gasteiger partial charge on any atom is -0.278 e. The van der Waals surface area contributed by atoms with E-state index in [0.717, 1.165) is 44.2 Å². The summed E-state index contributed by atoms with van der Waals surface area (Å²) in [5.74, 6) is 0. The van der Waals surface area contributed by atoms with Crippen LogP contribution in [-0.2, 0) is 11.9 Å². The number of nitrogens with one attached hydrogen (secondary N) is 1. The molecule has 2 heterocycles. The maximum atomic E-state index is 9.16. The van der Waals surface area contributed by atoms with E-state index in [1.807, 2.05) is 66.9 Å². The number of halogens is 1. The van der Waals surface area contributed by atoms with E-state index in [1.165, 1.54) is 0 Å². The van der Waals surface area contributed by atoms with Crippen molar-refractivity contribution in [3.8, 4) is 23.4 Å². The van der Waals surface area contributed by atoms with Crippen LogP contribution < -0.4 is 0 Å². The smallest absolute Gasteiger partial charge is 0.113 e. The molecule has 0 unspecified atom stereocenters. The van der Waals surface area contributed by atoms with Crippen LogP contribution in [0.5, 0.6) is 0 Å². The molecule has 0 radical (unpaired) electrons. The van der Waals surface area contributed by atoms with Crippen LogP contribution in [0.15, 0.2) is 79.1 Å². The van der Waals surface area contributed by atoms with Crippen LogP contribution in [0, 0.1) is 22.7 Å². The van der Waals surface area contributed by atoms with Gasteiger partial charge >= 0.3 is 0 Å². The molecular weight excluding hydrogens is 478 g/mol. The molecule has 5 aromatic rings. The molecule has 0 aliphatic rings. The molecule has 0 saturated carbocycles. The third kappa shape index (κ3) is 5.15. The van der Waals surface area contributed by atoms with Gasteiger partial charge in [0.2, 0.25) is 0 Å². The number of hydrogen-bond donors (Lipinski definition) is 1. The first kappa shape index (κ1) is 21.9. The number of nitrogens with zero attached hydrogens (tertiary/aromatic N) is 6. The van der Waals surface area contributed by atoms with Gasteiger partial charge in [0.05, 0.1) is 47.7 Å². The minimum atomic E-state index is 0.519. The number of aromatic nitrogens is 5. The van der Waals surface area contributed by atoms with Gasteiger partial charge in [0, 0.05) is 16.3 Å². The molecule has 3 aromatic carbocycles. The average Bonchev–Trinajstić information content (AvgIpc) is 3.54. The van der Waals surface area contributed by atoms with Crippen LogP contribution >= 0.6 is 15.9 Å². The van der Waals surface area contributed by atoms with E-state index < -0.39 is 0 Å². The second-order valence-corrected chi connectivity index (χ2v) is 7.71. The normalized spacial score (nSPS) is 10.2. The molecule has 33 heavy (non-hydrogen) atoms. The fraction of sp³-hybridized carbons (Fsp3) is 0.0800. The van der Waals surface area contributed by atoms with Crippen molar-refractivity contribution in [1.82, 2.24) is 25.2 Å². The Labute approximate surface area is 199 Å². The number of rotatable bonds is 4. The van der Waals surface area contributed by atoms with Gasteiger partial charge in [0.1, 0.15) is 5.69 Å². The van der Waals surface area contributed by atoms with E-state index >= 15 is 0 Å². The van der Waals surface area contributed by atoms with Crippen molar-refractivity contribution >= 4 is 26.8 Å². The summed E-state index contributed by atoms with van der Waals surface area (Å²) in [6, 6.07) is 25.4. The van der Waals surface area contributed by atoms with E-state index in [2.05, 4.69) is 48.6 Å². The van der Waals surface area contributed by atoms with E-state index in [1.54, 1.807) is 16.9 Å². The number of hydrogen-bond acceptors (Lipinski definition) is 5. The highest BCUT2D eigenvalue weighted by Gasteiger charge is 2.08. The lowest BCUT2D eigenvalue weighted by atomic mass is 10.1. The van der Waals surface area contributed by atoms with Crippen molar-refractivity contribution < 1.29 is 0 Å². The van der Waals surface area contributed by atoms with Crippen molar-refractivity contribution in [3.05, 3.63) is 101 Å². The Balaban J connectivity index is 0.000000219. The summed E-state index contributed by atoms with van der Waals surface area (Å²) >= 11 is 3.30. The van der Waals surface area contributed by atoms with E-state index in [-0.39, 0.29) is 0 Å². The van der Waals surface area contributed by atoms with Gasteiger partial charge in [-0.3, -0.25) is 5.10 Å². The summed E-state index contributed by atoms with van der Waals surface area (Å²) in [7, 11) is 0. The van der Waals surface area contributed by atoms with Gasteiger partial charge in [-0.15, -0.1) is 5.10 Å². The quantitative estimate of drug-likeness (QED) is 0.345. The van der Waals surface area contributed by atoms with E-state index in [9.17, 15) is 0 Å². The number of aromatic amines is 1. The average molecular weight is 496 g/mol. The standard InChI is InChI=1S/C17H12N6.C8H6BrN/c18-8-13-3-1-2-4-14(13)10-23-11-17(21-22-23)12-5-6-16-15(7-12)9-19-20-16;9-5-7-3-1-2-4-8(7)6-10/h1-7,9,11H,10H2,(H,19,20);1-4H,5H2. The molecule has 2 aromatic heterocycles. The summed E-state index contributed by atoms with van der Waals surface area (Å²) in [6.45, 7) is 0.519. The Kier molecular flexibility index (Phi) is 6.89. The third-order valence-corrected chi connectivity index (χ3v) is 5.63. The Morgan fingerprint density at radius 2 is 1.61 bits per heavy atom. The highest BCUT2D eigenvalue weighted by Crippen LogP contribution is 2.21. The van der Waals surface area contributed by atoms with Gasteiger partial charge in [-0.2, -0.15) is 15.6 Å². The lowest BCUT2D eigenvalue weighted by Crippen LogP contribution is -2.02. The van der Waals surface area contributed by atoms with Gasteiger partial charge in [-0.25, -0.2) is 4.68 Å². The van der Waals surface area contributed by atoms with Gasteiger partial charge in [0.25, 0.3) is 0 Å². The first-order chi connectivity index (χ1) is 16.2. The molecule has 0 spiro atoms. The van der Waals surface area contributed by atoms with Crippen molar-refractivity contribution in [1.29, 1.82) is 10.5 Å². The summed E-state index contributed by atoms with van der Waals surface area (Å²) < 4.78 is 1.74. The van der Waals surface area contributed by atoms with Gasteiger partial charge in [-0.1, -0.05) is 63.6 Å². The summed E-state index contributed by atoms with van der Waals surface area (Å²) in [6.07, 6.45) is 3.67. The Morgan fingerprint density at radius 1 is 0.909 bits per heavy atom. The molecular formula is C25H18BrN7. The molecule has 0 aliphatic carbocycles. The molecule has 5 rings (SSSR count). The molecule has 0 aliphatic heterocycles. The summed E-state index contributed by atoms with van der Waals surface area (Å²) in [5.41, 5.74) is 6.15. The zero-order chi connectivity index (χ0) is 23.0. The second-order valence-electron chi connectivity index (χ2n) is 7.14. The van der Waals surface area contributed by atoms with Crippen LogP contribution in [0.1, 0.15) is 22.3 Å². The van der Waals surface area contributed by atoms with Crippen LogP contribution in [0.2, 0.25) is 0 Å².